The Kier molecular flexibility index (Phi) is 15.4. The lowest BCUT2D eigenvalue weighted by atomic mass is 9.77. The highest BCUT2D eigenvalue weighted by Gasteiger charge is 2.55. The van der Waals surface area contributed by atoms with Gasteiger partial charge in [-0.15, -0.1) is 0 Å². The first-order valence-corrected chi connectivity index (χ1v) is 20.7. The van der Waals surface area contributed by atoms with Crippen molar-refractivity contribution in [3.8, 4) is 0 Å². The molecule has 4 heterocycles. The number of carbonyl (C=O) groups excluding carboxylic acids is 1. The third-order valence-corrected chi connectivity index (χ3v) is 12.7. The van der Waals surface area contributed by atoms with E-state index in [2.05, 4.69) is 0 Å². The number of hydrogen-bond donors (Lipinski definition) is 4. The summed E-state index contributed by atoms with van der Waals surface area (Å²) in [5, 5.41) is 47.6. The molecule has 0 aromatic heterocycles. The molecule has 0 saturated carbocycles. The van der Waals surface area contributed by atoms with E-state index in [9.17, 15) is 25.2 Å². The van der Waals surface area contributed by atoms with Crippen molar-refractivity contribution in [3.05, 3.63) is 0 Å². The largest absolute Gasteiger partial charge is 0.459 e. The van der Waals surface area contributed by atoms with Crippen LogP contribution in [0.4, 0.5) is 0 Å². The molecule has 18 atom stereocenters. The van der Waals surface area contributed by atoms with Crippen molar-refractivity contribution in [2.45, 2.75) is 205 Å². The Morgan fingerprint density at radius 3 is 2.20 bits per heavy atom. The first-order valence-electron chi connectivity index (χ1n) is 20.7. The summed E-state index contributed by atoms with van der Waals surface area (Å²) in [6.07, 6.45) is -7.52. The Morgan fingerprint density at radius 2 is 1.62 bits per heavy atom. The highest BCUT2D eigenvalue weighted by molar-refractivity contribution is 5.77. The predicted octanol–water partition coefficient (Wildman–Crippen LogP) is 3.07. The van der Waals surface area contributed by atoms with Crippen LogP contribution in [0.25, 0.3) is 0 Å². The summed E-state index contributed by atoms with van der Waals surface area (Å²) in [4.78, 5) is 23.2. The topological polar surface area (TPSA) is 181 Å². The minimum absolute atomic E-state index is 0.0972. The van der Waals surface area contributed by atoms with Gasteiger partial charge in [-0.3, -0.25) is 4.79 Å². The molecule has 0 amide bonds. The predicted molar refractivity (Wildman–Crippen MR) is 210 cm³/mol. The Morgan fingerprint density at radius 1 is 0.982 bits per heavy atom. The third kappa shape index (κ3) is 10.0. The minimum atomic E-state index is -1.62. The molecule has 4 saturated heterocycles. The lowest BCUT2D eigenvalue weighted by molar-refractivity contribution is -0.318. The van der Waals surface area contributed by atoms with Gasteiger partial charge >= 0.3 is 5.97 Å². The molecule has 4 rings (SSSR count). The molecule has 4 aliphatic heterocycles. The van der Waals surface area contributed by atoms with Crippen LogP contribution in [0.5, 0.6) is 0 Å². The van der Waals surface area contributed by atoms with Gasteiger partial charge in [-0.1, -0.05) is 20.8 Å². The number of fused-ring (bicyclic) bond motifs is 2. The number of carbonyl (C=O) groups is 1. The van der Waals surface area contributed by atoms with Gasteiger partial charge in [0.25, 0.3) is 6.02 Å². The molecule has 56 heavy (non-hydrogen) atoms. The molecule has 0 radical (unpaired) electrons. The quantitative estimate of drug-likeness (QED) is 0.263. The summed E-state index contributed by atoms with van der Waals surface area (Å²) < 4.78 is 44.5. The molecule has 4 fully saturated rings. The van der Waals surface area contributed by atoms with Crippen LogP contribution in [-0.2, 0) is 38.0 Å². The van der Waals surface area contributed by atoms with Crippen LogP contribution >= 0.6 is 0 Å². The molecule has 4 N–H and O–H groups in total. The Labute approximate surface area is 335 Å². The molecule has 15 nitrogen and oxygen atoms in total. The molecule has 0 spiro atoms. The van der Waals surface area contributed by atoms with Gasteiger partial charge in [-0.2, -0.15) is 0 Å². The number of amidine groups is 1. The zero-order valence-corrected chi connectivity index (χ0v) is 36.7. The van der Waals surface area contributed by atoms with Crippen LogP contribution in [0.1, 0.15) is 109 Å². The lowest BCUT2D eigenvalue weighted by Crippen LogP contribution is -2.60. The van der Waals surface area contributed by atoms with E-state index in [0.717, 1.165) is 0 Å². The Balaban J connectivity index is 1.85. The van der Waals surface area contributed by atoms with Gasteiger partial charge in [-0.25, -0.2) is 4.99 Å². The van der Waals surface area contributed by atoms with Crippen molar-refractivity contribution < 1.29 is 58.4 Å². The van der Waals surface area contributed by atoms with Crippen LogP contribution < -0.4 is 0 Å². The number of hydrogen-bond acceptors (Lipinski definition) is 14. The van der Waals surface area contributed by atoms with Crippen LogP contribution in [0, 0.1) is 17.8 Å². The zero-order valence-electron chi connectivity index (χ0n) is 36.7. The van der Waals surface area contributed by atoms with Crippen molar-refractivity contribution in [2.75, 3.05) is 27.7 Å². The summed E-state index contributed by atoms with van der Waals surface area (Å²) in [6, 6.07) is -0.347. The number of rotatable bonds is 8. The number of aliphatic imine (C=N–C) groups is 1. The van der Waals surface area contributed by atoms with E-state index in [-0.39, 0.29) is 43.0 Å². The second kappa shape index (κ2) is 18.3. The summed E-state index contributed by atoms with van der Waals surface area (Å²) in [7, 11) is 5.31. The van der Waals surface area contributed by atoms with Crippen LogP contribution in [0.3, 0.4) is 0 Å². The van der Waals surface area contributed by atoms with E-state index >= 15 is 0 Å². The Bertz CT molecular complexity index is 1330. The van der Waals surface area contributed by atoms with Crippen molar-refractivity contribution in [3.63, 3.8) is 0 Å². The van der Waals surface area contributed by atoms with Gasteiger partial charge in [0.05, 0.1) is 47.6 Å². The average molecular weight is 802 g/mol. The molecule has 2 bridgehead atoms. The highest BCUT2D eigenvalue weighted by atomic mass is 16.7. The fraction of sp³-hybridized carbons (Fsp3) is 0.951. The van der Waals surface area contributed by atoms with Gasteiger partial charge in [0.2, 0.25) is 0 Å². The van der Waals surface area contributed by atoms with Crippen molar-refractivity contribution in [1.82, 2.24) is 9.80 Å². The van der Waals surface area contributed by atoms with Crippen molar-refractivity contribution in [1.29, 1.82) is 0 Å². The number of aliphatic hydroxyl groups is 4. The molecule has 326 valence electrons. The van der Waals surface area contributed by atoms with E-state index in [1.165, 1.54) is 7.11 Å². The molecule has 15 heteroatoms. The number of aliphatic hydroxyl groups excluding tert-OH is 2. The van der Waals surface area contributed by atoms with Crippen molar-refractivity contribution in [2.24, 2.45) is 22.7 Å². The summed E-state index contributed by atoms with van der Waals surface area (Å²) in [6.45, 7) is 22.5. The minimum Gasteiger partial charge on any atom is -0.459 e. The fourth-order valence-corrected chi connectivity index (χ4v) is 9.47. The number of cyclic esters (lactones) is 1. The zero-order chi connectivity index (χ0) is 42.2. The standard InChI is InChI=1S/C41H75N3O12/c1-16-29-41(12,49)35-26(8)44(38(56-35)42-21(2)3)20-22(4)18-39(10,48)34(55-37-31(45)28(43(13)14)17-23(5)51-37)24(6)32(25(7)36(47)53-29)54-30-19-40(11,50-15)33(46)27(9)52-30/h21-35,37,45-46,48-49H,16-20H2,1-15H3/t22-,23-,24+,25-,26-,27+,28+,29-,30-,31-,32+,33+,34-,35-,37+,39-,40-,41-/m1/s1. The van der Waals surface area contributed by atoms with E-state index in [1.54, 1.807) is 34.6 Å². The number of methoxy groups -OCH3 is 1. The fourth-order valence-electron chi connectivity index (χ4n) is 9.47. The second-order valence-corrected chi connectivity index (χ2v) is 18.5. The second-order valence-electron chi connectivity index (χ2n) is 18.5. The molecule has 0 unspecified atom stereocenters. The molecule has 0 aromatic carbocycles. The maximum absolute atomic E-state index is 14.5. The van der Waals surface area contributed by atoms with E-state index in [0.29, 0.717) is 25.4 Å². The van der Waals surface area contributed by atoms with Crippen LogP contribution in [0.15, 0.2) is 4.99 Å². The van der Waals surface area contributed by atoms with Gasteiger partial charge in [-0.05, 0) is 102 Å². The van der Waals surface area contributed by atoms with Gasteiger partial charge in [0.15, 0.2) is 18.7 Å². The lowest BCUT2D eigenvalue weighted by Gasteiger charge is -2.48. The summed E-state index contributed by atoms with van der Waals surface area (Å²) >= 11 is 0. The van der Waals surface area contributed by atoms with Gasteiger partial charge in [0, 0.05) is 38.1 Å². The maximum Gasteiger partial charge on any atom is 0.311 e. The number of nitrogens with zero attached hydrogens (tertiary/aromatic N) is 3. The van der Waals surface area contributed by atoms with Gasteiger partial charge < -0.3 is 63.4 Å². The van der Waals surface area contributed by atoms with Crippen LogP contribution in [0.2, 0.25) is 0 Å². The molecule has 0 aromatic rings. The van der Waals surface area contributed by atoms with Crippen LogP contribution in [-0.4, -0.2) is 166 Å². The van der Waals surface area contributed by atoms with Crippen molar-refractivity contribution >= 4 is 12.0 Å². The average Bonchev–Trinajstić information content (AvgIpc) is 3.40. The molecule has 0 aliphatic carbocycles. The summed E-state index contributed by atoms with van der Waals surface area (Å²) in [5.41, 5.74) is -4.21. The van der Waals surface area contributed by atoms with E-state index < -0.39 is 89.9 Å². The first-order chi connectivity index (χ1) is 25.9. The monoisotopic (exact) mass is 802 g/mol. The van der Waals surface area contributed by atoms with E-state index in [4.69, 9.17) is 38.2 Å². The number of esters is 1. The highest BCUT2D eigenvalue weighted by Crippen LogP contribution is 2.41. The first kappa shape index (κ1) is 47.0. The molecular formula is C41H75N3O12. The smallest absolute Gasteiger partial charge is 0.311 e. The third-order valence-electron chi connectivity index (χ3n) is 12.7. The van der Waals surface area contributed by atoms with Gasteiger partial charge in [0.1, 0.15) is 23.9 Å². The molecule has 4 aliphatic rings. The normalized spacial score (nSPS) is 48.1. The maximum atomic E-state index is 14.5. The molecular weight excluding hydrogens is 726 g/mol. The number of ether oxygens (including phenoxy) is 7. The SMILES string of the molecule is CC[C@H]1OC(=O)[C@H](C)[C@@H](O[C@@H]2C[C@@](C)(OC)[C@@H](O)[C@H](C)O2)[C@H](C)[C@@H](O[C@@H]2O[C@H](C)C[C@H](N(C)C)[C@H]2O)[C@](C)(O)C[C@@H](C)CN2C(=NC(C)C)O[C@H]([C@H]2C)[C@]1(C)O. The number of likely N-dealkylation sites (N-methyl/N-ethyl adjacent to an activating group) is 1. The summed E-state index contributed by atoms with van der Waals surface area (Å²) in [5.74, 6) is -2.54. The van der Waals surface area contributed by atoms with E-state index in [1.807, 2.05) is 72.4 Å². The Hall–Kier alpha value is -1.66.